The molecule has 2 aliphatic rings. The van der Waals surface area contributed by atoms with E-state index in [1.54, 1.807) is 0 Å². The summed E-state index contributed by atoms with van der Waals surface area (Å²) in [6.07, 6.45) is 0.964. The number of carbonyl (C=O) groups is 1. The van der Waals surface area contributed by atoms with E-state index in [4.69, 9.17) is 4.74 Å². The molecule has 2 saturated heterocycles. The lowest BCUT2D eigenvalue weighted by atomic mass is 9.98. The Morgan fingerprint density at radius 2 is 2.26 bits per heavy atom. The second-order valence-corrected chi connectivity index (χ2v) is 5.45. The maximum Gasteiger partial charge on any atom is 0.410 e. The quantitative estimate of drug-likeness (QED) is 0.903. The summed E-state index contributed by atoms with van der Waals surface area (Å²) in [5.74, 6) is 0.524. The van der Waals surface area contributed by atoms with Crippen molar-refractivity contribution in [3.63, 3.8) is 0 Å². The van der Waals surface area contributed by atoms with Crippen LogP contribution in [-0.4, -0.2) is 36.7 Å². The van der Waals surface area contributed by atoms with Crippen LogP contribution >= 0.6 is 0 Å². The summed E-state index contributed by atoms with van der Waals surface area (Å²) >= 11 is 0. The Hall–Kier alpha value is -1.55. The van der Waals surface area contributed by atoms with Gasteiger partial charge in [0.1, 0.15) is 6.61 Å². The Morgan fingerprint density at radius 1 is 1.42 bits per heavy atom. The van der Waals surface area contributed by atoms with Crippen LogP contribution in [0.3, 0.4) is 0 Å². The molecule has 19 heavy (non-hydrogen) atoms. The van der Waals surface area contributed by atoms with Crippen LogP contribution in [0.1, 0.15) is 17.5 Å². The first-order chi connectivity index (χ1) is 9.25. The van der Waals surface area contributed by atoms with Gasteiger partial charge >= 0.3 is 6.09 Å². The molecule has 2 unspecified atom stereocenters. The normalized spacial score (nSPS) is 26.8. The van der Waals surface area contributed by atoms with Crippen LogP contribution in [0.25, 0.3) is 0 Å². The molecule has 102 valence electrons. The minimum atomic E-state index is -0.167. The monoisotopic (exact) mass is 260 g/mol. The fourth-order valence-electron chi connectivity index (χ4n) is 3.01. The lowest BCUT2D eigenvalue weighted by molar-refractivity contribution is 0.154. The molecule has 0 bridgehead atoms. The van der Waals surface area contributed by atoms with Gasteiger partial charge in [0, 0.05) is 13.1 Å². The van der Waals surface area contributed by atoms with E-state index in [1.807, 2.05) is 17.0 Å². The van der Waals surface area contributed by atoms with Gasteiger partial charge in [-0.2, -0.15) is 0 Å². The molecule has 1 aromatic rings. The van der Waals surface area contributed by atoms with Crippen molar-refractivity contribution in [1.29, 1.82) is 0 Å². The van der Waals surface area contributed by atoms with Crippen LogP contribution in [0.2, 0.25) is 0 Å². The van der Waals surface area contributed by atoms with Crippen LogP contribution < -0.4 is 5.32 Å². The summed E-state index contributed by atoms with van der Waals surface area (Å²) in [7, 11) is 0. The minimum absolute atomic E-state index is 0.167. The summed E-state index contributed by atoms with van der Waals surface area (Å²) < 4.78 is 5.26. The number of benzene rings is 1. The van der Waals surface area contributed by atoms with Crippen molar-refractivity contribution in [1.82, 2.24) is 10.2 Å². The summed E-state index contributed by atoms with van der Waals surface area (Å²) in [6.45, 7) is 5.33. The lowest BCUT2D eigenvalue weighted by Gasteiger charge is -2.26. The highest BCUT2D eigenvalue weighted by atomic mass is 16.6. The van der Waals surface area contributed by atoms with Crippen LogP contribution in [0.15, 0.2) is 24.3 Å². The Morgan fingerprint density at radius 3 is 3.00 bits per heavy atom. The molecule has 0 saturated carbocycles. The predicted octanol–water partition coefficient (Wildman–Crippen LogP) is 1.93. The van der Waals surface area contributed by atoms with Crippen molar-refractivity contribution in [2.24, 2.45) is 5.92 Å². The Labute approximate surface area is 113 Å². The molecule has 1 N–H and O–H groups in total. The van der Waals surface area contributed by atoms with Gasteiger partial charge in [0.15, 0.2) is 0 Å². The van der Waals surface area contributed by atoms with E-state index in [2.05, 4.69) is 24.4 Å². The highest BCUT2D eigenvalue weighted by Gasteiger charge is 2.39. The second kappa shape index (κ2) is 5.21. The van der Waals surface area contributed by atoms with E-state index >= 15 is 0 Å². The Bertz CT molecular complexity index is 469. The number of cyclic esters (lactones) is 1. The van der Waals surface area contributed by atoms with E-state index < -0.39 is 0 Å². The highest BCUT2D eigenvalue weighted by molar-refractivity contribution is 5.70. The molecular formula is C15H20N2O2. The van der Waals surface area contributed by atoms with Gasteiger partial charge in [-0.1, -0.05) is 24.3 Å². The fourth-order valence-corrected chi connectivity index (χ4v) is 3.01. The summed E-state index contributed by atoms with van der Waals surface area (Å²) in [5.41, 5.74) is 2.43. The number of carbonyl (C=O) groups excluding carboxylic acids is 1. The topological polar surface area (TPSA) is 41.6 Å². The van der Waals surface area contributed by atoms with E-state index in [1.165, 1.54) is 11.1 Å². The first-order valence-corrected chi connectivity index (χ1v) is 6.94. The van der Waals surface area contributed by atoms with Crippen molar-refractivity contribution in [2.75, 3.05) is 19.7 Å². The van der Waals surface area contributed by atoms with Gasteiger partial charge in [-0.05, 0) is 36.9 Å². The molecule has 4 heteroatoms. The summed E-state index contributed by atoms with van der Waals surface area (Å²) in [5, 5.41) is 3.37. The van der Waals surface area contributed by atoms with E-state index in [0.717, 1.165) is 19.5 Å². The average molecular weight is 260 g/mol. The van der Waals surface area contributed by atoms with Crippen molar-refractivity contribution < 1.29 is 9.53 Å². The number of hydrogen-bond donors (Lipinski definition) is 1. The van der Waals surface area contributed by atoms with Crippen molar-refractivity contribution in [3.05, 3.63) is 35.4 Å². The number of rotatable bonds is 3. The molecule has 0 aromatic heterocycles. The van der Waals surface area contributed by atoms with Crippen LogP contribution in [0, 0.1) is 12.8 Å². The predicted molar refractivity (Wildman–Crippen MR) is 72.8 cm³/mol. The van der Waals surface area contributed by atoms with Crippen LogP contribution in [-0.2, 0) is 11.3 Å². The number of nitrogens with zero attached hydrogens (tertiary/aromatic N) is 1. The number of amides is 1. The van der Waals surface area contributed by atoms with Crippen molar-refractivity contribution >= 4 is 6.09 Å². The Balaban J connectivity index is 1.77. The first kappa shape index (κ1) is 12.5. The smallest absolute Gasteiger partial charge is 0.410 e. The molecule has 2 atom stereocenters. The molecule has 1 aromatic carbocycles. The third kappa shape index (κ3) is 2.45. The average Bonchev–Trinajstić information content (AvgIpc) is 3.03. The summed E-state index contributed by atoms with van der Waals surface area (Å²) in [4.78, 5) is 13.8. The number of nitrogens with one attached hydrogen (secondary N) is 1. The number of ether oxygens (including phenoxy) is 1. The zero-order valence-electron chi connectivity index (χ0n) is 11.3. The molecular weight excluding hydrogens is 240 g/mol. The standard InChI is InChI=1S/C15H20N2O2/c1-11-4-2-3-5-13(11)9-17-14(10-19-15(17)18)12-6-7-16-8-12/h2-5,12,14,16H,6-10H2,1H3. The molecule has 0 aliphatic carbocycles. The second-order valence-electron chi connectivity index (χ2n) is 5.45. The van der Waals surface area contributed by atoms with Gasteiger partial charge in [0.05, 0.1) is 6.04 Å². The molecule has 0 spiro atoms. The third-order valence-corrected chi connectivity index (χ3v) is 4.26. The van der Waals surface area contributed by atoms with E-state index in [-0.39, 0.29) is 12.1 Å². The lowest BCUT2D eigenvalue weighted by Crippen LogP contribution is -2.39. The fraction of sp³-hybridized carbons (Fsp3) is 0.533. The number of hydrogen-bond acceptors (Lipinski definition) is 3. The third-order valence-electron chi connectivity index (χ3n) is 4.26. The maximum atomic E-state index is 11.9. The Kier molecular flexibility index (Phi) is 3.42. The van der Waals surface area contributed by atoms with Gasteiger partial charge in [0.25, 0.3) is 0 Å². The largest absolute Gasteiger partial charge is 0.447 e. The van der Waals surface area contributed by atoms with Crippen LogP contribution in [0.5, 0.6) is 0 Å². The van der Waals surface area contributed by atoms with Gasteiger partial charge in [-0.15, -0.1) is 0 Å². The highest BCUT2D eigenvalue weighted by Crippen LogP contribution is 2.26. The zero-order valence-corrected chi connectivity index (χ0v) is 11.3. The first-order valence-electron chi connectivity index (χ1n) is 6.94. The van der Waals surface area contributed by atoms with Gasteiger partial charge in [-0.3, -0.25) is 4.90 Å². The summed E-state index contributed by atoms with van der Waals surface area (Å²) in [6, 6.07) is 8.45. The maximum absolute atomic E-state index is 11.9. The van der Waals surface area contributed by atoms with Gasteiger partial charge in [-0.25, -0.2) is 4.79 Å². The molecule has 4 nitrogen and oxygen atoms in total. The van der Waals surface area contributed by atoms with Gasteiger partial charge < -0.3 is 10.1 Å². The molecule has 3 rings (SSSR count). The zero-order chi connectivity index (χ0) is 13.2. The van der Waals surface area contributed by atoms with Crippen LogP contribution in [0.4, 0.5) is 4.79 Å². The molecule has 2 aliphatic heterocycles. The molecule has 2 heterocycles. The number of aryl methyl sites for hydroxylation is 1. The minimum Gasteiger partial charge on any atom is -0.447 e. The molecule has 0 radical (unpaired) electrons. The SMILES string of the molecule is Cc1ccccc1CN1C(=O)OCC1C1CCNC1. The van der Waals surface area contributed by atoms with Crippen molar-refractivity contribution in [2.45, 2.75) is 25.9 Å². The van der Waals surface area contributed by atoms with Crippen molar-refractivity contribution in [3.8, 4) is 0 Å². The van der Waals surface area contributed by atoms with E-state index in [0.29, 0.717) is 19.1 Å². The molecule has 1 amide bonds. The van der Waals surface area contributed by atoms with Gasteiger partial charge in [0.2, 0.25) is 0 Å². The molecule has 2 fully saturated rings. The van der Waals surface area contributed by atoms with E-state index in [9.17, 15) is 4.79 Å².